The second-order valence-electron chi connectivity index (χ2n) is 5.33. The van der Waals surface area contributed by atoms with Crippen LogP contribution >= 0.6 is 11.8 Å². The van der Waals surface area contributed by atoms with Crippen molar-refractivity contribution in [1.82, 2.24) is 10.2 Å². The van der Waals surface area contributed by atoms with E-state index in [1.54, 1.807) is 0 Å². The SMILES string of the molecule is CN(C)CCCSCC(NC(=O)OCc1ccccc1)C(=O)O. The van der Waals surface area contributed by atoms with Crippen molar-refractivity contribution < 1.29 is 19.4 Å². The molecule has 0 aliphatic carbocycles. The second kappa shape index (κ2) is 10.9. The van der Waals surface area contributed by atoms with E-state index in [2.05, 4.69) is 10.2 Å². The first-order valence-corrected chi connectivity index (χ1v) is 8.57. The molecule has 23 heavy (non-hydrogen) atoms. The maximum absolute atomic E-state index is 11.7. The summed E-state index contributed by atoms with van der Waals surface area (Å²) in [5.41, 5.74) is 0.854. The molecule has 0 aromatic heterocycles. The Bertz CT molecular complexity index is 482. The number of rotatable bonds is 10. The number of nitrogens with one attached hydrogen (secondary N) is 1. The lowest BCUT2D eigenvalue weighted by molar-refractivity contribution is -0.138. The molecule has 0 saturated heterocycles. The third-order valence-corrected chi connectivity index (χ3v) is 4.13. The Balaban J connectivity index is 2.28. The molecule has 0 bridgehead atoms. The van der Waals surface area contributed by atoms with Gasteiger partial charge in [-0.3, -0.25) is 0 Å². The molecule has 6 nitrogen and oxygen atoms in total. The Morgan fingerprint density at radius 2 is 2.00 bits per heavy atom. The molecule has 0 heterocycles. The van der Waals surface area contributed by atoms with Crippen molar-refractivity contribution in [2.75, 3.05) is 32.1 Å². The first-order chi connectivity index (χ1) is 11.0. The number of benzene rings is 1. The highest BCUT2D eigenvalue weighted by molar-refractivity contribution is 7.99. The fourth-order valence-corrected chi connectivity index (χ4v) is 2.73. The van der Waals surface area contributed by atoms with E-state index >= 15 is 0 Å². The molecule has 128 valence electrons. The molecule has 0 fully saturated rings. The molecule has 0 aliphatic heterocycles. The maximum atomic E-state index is 11.7. The Labute approximate surface area is 141 Å². The molecule has 1 rings (SSSR count). The molecule has 0 spiro atoms. The van der Waals surface area contributed by atoms with Gasteiger partial charge in [0.15, 0.2) is 0 Å². The Kier molecular flexibility index (Phi) is 9.16. The average molecular weight is 340 g/mol. The van der Waals surface area contributed by atoms with E-state index in [-0.39, 0.29) is 6.61 Å². The van der Waals surface area contributed by atoms with Crippen LogP contribution in [0.25, 0.3) is 0 Å². The van der Waals surface area contributed by atoms with Crippen LogP contribution in [-0.4, -0.2) is 60.3 Å². The number of thioether (sulfide) groups is 1. The minimum atomic E-state index is -1.05. The zero-order valence-corrected chi connectivity index (χ0v) is 14.3. The summed E-state index contributed by atoms with van der Waals surface area (Å²) in [6.07, 6.45) is 0.262. The van der Waals surface area contributed by atoms with Gasteiger partial charge in [-0.15, -0.1) is 0 Å². The van der Waals surface area contributed by atoms with Crippen molar-refractivity contribution in [2.24, 2.45) is 0 Å². The van der Waals surface area contributed by atoms with Gasteiger partial charge >= 0.3 is 12.1 Å². The van der Waals surface area contributed by atoms with Crippen molar-refractivity contribution in [3.63, 3.8) is 0 Å². The van der Waals surface area contributed by atoms with Crippen molar-refractivity contribution in [3.05, 3.63) is 35.9 Å². The van der Waals surface area contributed by atoms with Crippen LogP contribution in [-0.2, 0) is 16.1 Å². The maximum Gasteiger partial charge on any atom is 0.408 e. The van der Waals surface area contributed by atoms with Crippen LogP contribution in [0.2, 0.25) is 0 Å². The highest BCUT2D eigenvalue weighted by Crippen LogP contribution is 2.07. The minimum Gasteiger partial charge on any atom is -0.480 e. The number of ether oxygens (including phenoxy) is 1. The number of hydrogen-bond donors (Lipinski definition) is 2. The van der Waals surface area contributed by atoms with E-state index in [1.165, 1.54) is 11.8 Å². The molecular weight excluding hydrogens is 316 g/mol. The third-order valence-electron chi connectivity index (χ3n) is 2.98. The summed E-state index contributed by atoms with van der Waals surface area (Å²) in [6.45, 7) is 1.08. The van der Waals surface area contributed by atoms with Crippen molar-refractivity contribution in [2.45, 2.75) is 19.1 Å². The highest BCUT2D eigenvalue weighted by Gasteiger charge is 2.20. The summed E-state index contributed by atoms with van der Waals surface area (Å²) >= 11 is 1.51. The number of alkyl carbamates (subject to hydrolysis) is 1. The Morgan fingerprint density at radius 1 is 1.30 bits per heavy atom. The van der Waals surface area contributed by atoms with Gasteiger partial charge in [-0.2, -0.15) is 11.8 Å². The molecule has 1 aromatic rings. The van der Waals surface area contributed by atoms with E-state index in [0.717, 1.165) is 24.3 Å². The topological polar surface area (TPSA) is 78.9 Å². The van der Waals surface area contributed by atoms with Gasteiger partial charge in [0, 0.05) is 5.75 Å². The van der Waals surface area contributed by atoms with Crippen LogP contribution in [0, 0.1) is 0 Å². The van der Waals surface area contributed by atoms with Gasteiger partial charge in [-0.25, -0.2) is 9.59 Å². The summed E-state index contributed by atoms with van der Waals surface area (Å²) in [5, 5.41) is 11.6. The standard InChI is InChI=1S/C16H24N2O4S/c1-18(2)9-6-10-23-12-14(15(19)20)17-16(21)22-11-13-7-4-3-5-8-13/h3-5,7-8,14H,6,9-12H2,1-2H3,(H,17,21)(H,19,20). The normalized spacial score (nSPS) is 12.0. The quantitative estimate of drug-likeness (QED) is 0.635. The van der Waals surface area contributed by atoms with Gasteiger partial charge in [-0.05, 0) is 38.4 Å². The molecule has 1 amide bonds. The van der Waals surface area contributed by atoms with E-state index in [4.69, 9.17) is 9.84 Å². The zero-order valence-electron chi connectivity index (χ0n) is 13.5. The van der Waals surface area contributed by atoms with Gasteiger partial charge in [0.2, 0.25) is 0 Å². The van der Waals surface area contributed by atoms with Crippen molar-refractivity contribution in [1.29, 1.82) is 0 Å². The van der Waals surface area contributed by atoms with Crippen LogP contribution in [0.3, 0.4) is 0 Å². The number of hydrogen-bond acceptors (Lipinski definition) is 5. The molecule has 2 N–H and O–H groups in total. The lowest BCUT2D eigenvalue weighted by Gasteiger charge is -2.15. The summed E-state index contributed by atoms with van der Waals surface area (Å²) in [7, 11) is 3.99. The molecule has 0 radical (unpaired) electrons. The smallest absolute Gasteiger partial charge is 0.408 e. The first kappa shape index (κ1) is 19.3. The molecule has 0 saturated carbocycles. The lowest BCUT2D eigenvalue weighted by atomic mass is 10.2. The van der Waals surface area contributed by atoms with Crippen molar-refractivity contribution in [3.8, 4) is 0 Å². The minimum absolute atomic E-state index is 0.120. The Morgan fingerprint density at radius 3 is 2.61 bits per heavy atom. The number of carboxylic acid groups (broad SMARTS) is 1. The van der Waals surface area contributed by atoms with E-state index in [9.17, 15) is 9.59 Å². The van der Waals surface area contributed by atoms with Crippen LogP contribution in [0.5, 0.6) is 0 Å². The van der Waals surface area contributed by atoms with Gasteiger partial charge < -0.3 is 20.1 Å². The van der Waals surface area contributed by atoms with Crippen LogP contribution < -0.4 is 5.32 Å². The molecule has 7 heteroatoms. The number of carbonyl (C=O) groups excluding carboxylic acids is 1. The lowest BCUT2D eigenvalue weighted by Crippen LogP contribution is -2.42. The number of carboxylic acids is 1. The third kappa shape index (κ3) is 9.10. The molecular formula is C16H24N2O4S. The highest BCUT2D eigenvalue weighted by atomic mass is 32.2. The van der Waals surface area contributed by atoms with Gasteiger partial charge in [-0.1, -0.05) is 30.3 Å². The van der Waals surface area contributed by atoms with Gasteiger partial charge in [0.1, 0.15) is 12.6 Å². The molecule has 1 aromatic carbocycles. The fourth-order valence-electron chi connectivity index (χ4n) is 1.77. The summed E-state index contributed by atoms with van der Waals surface area (Å²) in [5.74, 6) is 0.119. The van der Waals surface area contributed by atoms with E-state index in [1.807, 2.05) is 44.4 Å². The molecule has 1 unspecified atom stereocenters. The van der Waals surface area contributed by atoms with Gasteiger partial charge in [0.05, 0.1) is 0 Å². The summed E-state index contributed by atoms with van der Waals surface area (Å²) in [6, 6.07) is 8.30. The number of nitrogens with zero attached hydrogens (tertiary/aromatic N) is 1. The predicted molar refractivity (Wildman–Crippen MR) is 91.7 cm³/mol. The Hall–Kier alpha value is -1.73. The summed E-state index contributed by atoms with van der Waals surface area (Å²) in [4.78, 5) is 25.0. The van der Waals surface area contributed by atoms with Crippen molar-refractivity contribution >= 4 is 23.8 Å². The zero-order chi connectivity index (χ0) is 17.1. The van der Waals surface area contributed by atoms with Crippen LogP contribution in [0.15, 0.2) is 30.3 Å². The second-order valence-corrected chi connectivity index (χ2v) is 6.48. The monoisotopic (exact) mass is 340 g/mol. The molecule has 1 atom stereocenters. The van der Waals surface area contributed by atoms with Gasteiger partial charge in [0.25, 0.3) is 0 Å². The number of aliphatic carboxylic acids is 1. The largest absolute Gasteiger partial charge is 0.480 e. The summed E-state index contributed by atoms with van der Waals surface area (Å²) < 4.78 is 5.04. The predicted octanol–water partition coefficient (Wildman–Crippen LogP) is 2.05. The molecule has 0 aliphatic rings. The van der Waals surface area contributed by atoms with Crippen LogP contribution in [0.4, 0.5) is 4.79 Å². The number of amides is 1. The van der Waals surface area contributed by atoms with E-state index < -0.39 is 18.1 Å². The average Bonchev–Trinajstić information content (AvgIpc) is 2.52. The van der Waals surface area contributed by atoms with Crippen LogP contribution in [0.1, 0.15) is 12.0 Å². The first-order valence-electron chi connectivity index (χ1n) is 7.41. The fraction of sp³-hybridized carbons (Fsp3) is 0.500. The number of carbonyl (C=O) groups is 2. The van der Waals surface area contributed by atoms with E-state index in [0.29, 0.717) is 5.75 Å².